The Morgan fingerprint density at radius 2 is 2.15 bits per heavy atom. The van der Waals surface area contributed by atoms with Gasteiger partial charge in [0.05, 0.1) is 12.2 Å². The molecule has 0 aromatic carbocycles. The fourth-order valence-corrected chi connectivity index (χ4v) is 2.59. The molecule has 2 nitrogen and oxygen atoms in total. The standard InChI is InChI=1S/C9H19BO2S/c1-6-7(2)9(5-11,3-4-13)12-8(6)10/h6-8,11,13H,3-5,10H2,1-2H3/t6?,7-,8-,9-/m1/s1. The Balaban J connectivity index is 2.76. The molecule has 0 aromatic heterocycles. The number of hydrogen-bond donors (Lipinski definition) is 2. The van der Waals surface area contributed by atoms with Crippen LogP contribution in [0.1, 0.15) is 20.3 Å². The third kappa shape index (κ3) is 1.90. The number of hydrogen-bond acceptors (Lipinski definition) is 3. The van der Waals surface area contributed by atoms with E-state index < -0.39 is 0 Å². The average molecular weight is 202 g/mol. The largest absolute Gasteiger partial charge is 0.393 e. The summed E-state index contributed by atoms with van der Waals surface area (Å²) in [6.45, 7) is 4.46. The molecule has 0 bridgehead atoms. The number of aliphatic hydroxyl groups is 1. The summed E-state index contributed by atoms with van der Waals surface area (Å²) in [4.78, 5) is 0. The second-order valence-electron chi connectivity index (χ2n) is 4.17. The molecule has 4 atom stereocenters. The summed E-state index contributed by atoms with van der Waals surface area (Å²) in [6, 6.07) is 0.252. The zero-order valence-corrected chi connectivity index (χ0v) is 9.55. The first-order valence-electron chi connectivity index (χ1n) is 4.97. The molecular formula is C9H19BO2S. The van der Waals surface area contributed by atoms with E-state index in [0.717, 1.165) is 12.2 Å². The maximum atomic E-state index is 9.39. The molecule has 0 spiro atoms. The third-order valence-electron chi connectivity index (χ3n) is 3.58. The smallest absolute Gasteiger partial charge is 0.139 e. The second-order valence-corrected chi connectivity index (χ2v) is 4.61. The first kappa shape index (κ1) is 11.4. The molecule has 1 saturated heterocycles. The van der Waals surface area contributed by atoms with Crippen molar-refractivity contribution in [2.45, 2.75) is 31.9 Å². The van der Waals surface area contributed by atoms with E-state index in [1.54, 1.807) is 0 Å². The summed E-state index contributed by atoms with van der Waals surface area (Å²) in [5.74, 6) is 1.70. The fourth-order valence-electron chi connectivity index (χ4n) is 2.21. The van der Waals surface area contributed by atoms with Crippen molar-refractivity contribution in [3.8, 4) is 0 Å². The topological polar surface area (TPSA) is 29.5 Å². The summed E-state index contributed by atoms with van der Waals surface area (Å²) in [5.41, 5.74) is -0.333. The summed E-state index contributed by atoms with van der Waals surface area (Å²) in [6.07, 6.45) is 0.836. The van der Waals surface area contributed by atoms with Crippen molar-refractivity contribution < 1.29 is 9.84 Å². The molecule has 13 heavy (non-hydrogen) atoms. The lowest BCUT2D eigenvalue weighted by atomic mass is 9.77. The Labute approximate surface area is 86.9 Å². The zero-order valence-electron chi connectivity index (χ0n) is 8.66. The molecule has 1 unspecified atom stereocenters. The molecule has 1 aliphatic heterocycles. The molecule has 1 N–H and O–H groups in total. The number of aliphatic hydroxyl groups excluding tert-OH is 1. The van der Waals surface area contributed by atoms with Crippen LogP contribution >= 0.6 is 12.6 Å². The van der Waals surface area contributed by atoms with Crippen LogP contribution in [0.3, 0.4) is 0 Å². The van der Waals surface area contributed by atoms with Crippen LogP contribution in [0.4, 0.5) is 0 Å². The molecule has 1 aliphatic rings. The molecule has 1 fully saturated rings. The Kier molecular flexibility index (Phi) is 3.72. The van der Waals surface area contributed by atoms with Crippen LogP contribution in [0.25, 0.3) is 0 Å². The molecule has 76 valence electrons. The minimum Gasteiger partial charge on any atom is -0.393 e. The SMILES string of the molecule is B[C@@H]1O[C@@](CO)(CCS)[C@H](C)C1C. The first-order valence-corrected chi connectivity index (χ1v) is 5.60. The molecule has 1 heterocycles. The van der Waals surface area contributed by atoms with E-state index in [4.69, 9.17) is 4.74 Å². The summed E-state index contributed by atoms with van der Waals surface area (Å²) in [7, 11) is 2.08. The van der Waals surface area contributed by atoms with E-state index in [-0.39, 0.29) is 18.2 Å². The van der Waals surface area contributed by atoms with Crippen molar-refractivity contribution in [3.63, 3.8) is 0 Å². The first-order chi connectivity index (χ1) is 6.07. The molecule has 0 saturated carbocycles. The molecular weight excluding hydrogens is 183 g/mol. The maximum absolute atomic E-state index is 9.39. The predicted molar refractivity (Wildman–Crippen MR) is 60.0 cm³/mol. The summed E-state index contributed by atoms with van der Waals surface area (Å²) < 4.78 is 5.86. The van der Waals surface area contributed by atoms with Gasteiger partial charge in [-0.05, 0) is 24.0 Å². The predicted octanol–water partition coefficient (Wildman–Crippen LogP) is 0.299. The summed E-state index contributed by atoms with van der Waals surface area (Å²) in [5, 5.41) is 9.39. The highest BCUT2D eigenvalue weighted by Gasteiger charge is 2.47. The Morgan fingerprint density at radius 1 is 1.54 bits per heavy atom. The quantitative estimate of drug-likeness (QED) is 0.509. The monoisotopic (exact) mass is 202 g/mol. The van der Waals surface area contributed by atoms with Gasteiger partial charge in [-0.15, -0.1) is 0 Å². The number of rotatable bonds is 3. The Hall–Kier alpha value is 0.335. The minimum absolute atomic E-state index is 0.114. The lowest BCUT2D eigenvalue weighted by Gasteiger charge is -2.31. The van der Waals surface area contributed by atoms with Crippen molar-refractivity contribution in [2.75, 3.05) is 12.4 Å². The lowest BCUT2D eigenvalue weighted by molar-refractivity contribution is -0.0700. The van der Waals surface area contributed by atoms with Crippen molar-refractivity contribution in [1.29, 1.82) is 0 Å². The van der Waals surface area contributed by atoms with Crippen LogP contribution in [-0.4, -0.2) is 36.9 Å². The normalized spacial score (nSPS) is 45.4. The van der Waals surface area contributed by atoms with E-state index >= 15 is 0 Å². The molecule has 0 aromatic rings. The molecule has 0 amide bonds. The van der Waals surface area contributed by atoms with Gasteiger partial charge >= 0.3 is 0 Å². The van der Waals surface area contributed by atoms with Gasteiger partial charge in [-0.3, -0.25) is 0 Å². The fraction of sp³-hybridized carbons (Fsp3) is 1.00. The van der Waals surface area contributed by atoms with Crippen LogP contribution in [-0.2, 0) is 4.74 Å². The number of thiol groups is 1. The van der Waals surface area contributed by atoms with E-state index in [0.29, 0.717) is 11.8 Å². The Morgan fingerprint density at radius 3 is 2.46 bits per heavy atom. The van der Waals surface area contributed by atoms with Crippen molar-refractivity contribution in [3.05, 3.63) is 0 Å². The van der Waals surface area contributed by atoms with Gasteiger partial charge in [-0.25, -0.2) is 0 Å². The average Bonchev–Trinajstić information content (AvgIpc) is 2.32. The highest BCUT2D eigenvalue weighted by atomic mass is 32.1. The van der Waals surface area contributed by atoms with Crippen molar-refractivity contribution >= 4 is 20.5 Å². The van der Waals surface area contributed by atoms with E-state index in [2.05, 4.69) is 34.3 Å². The molecule has 0 aliphatic carbocycles. The zero-order chi connectivity index (χ0) is 10.1. The molecule has 0 radical (unpaired) electrons. The van der Waals surface area contributed by atoms with Gasteiger partial charge in [0.1, 0.15) is 7.85 Å². The minimum atomic E-state index is -0.333. The van der Waals surface area contributed by atoms with Gasteiger partial charge < -0.3 is 9.84 Å². The van der Waals surface area contributed by atoms with Crippen LogP contribution in [0.15, 0.2) is 0 Å². The lowest BCUT2D eigenvalue weighted by Crippen LogP contribution is -2.40. The molecule has 1 rings (SSSR count). The Bertz CT molecular complexity index is 179. The van der Waals surface area contributed by atoms with Crippen molar-refractivity contribution in [2.24, 2.45) is 11.8 Å². The van der Waals surface area contributed by atoms with Crippen LogP contribution in [0.2, 0.25) is 0 Å². The highest BCUT2D eigenvalue weighted by molar-refractivity contribution is 7.80. The van der Waals surface area contributed by atoms with Gasteiger partial charge in [-0.2, -0.15) is 12.6 Å². The van der Waals surface area contributed by atoms with Gasteiger partial charge in [-0.1, -0.05) is 13.8 Å². The van der Waals surface area contributed by atoms with Gasteiger partial charge in [0.25, 0.3) is 0 Å². The number of ether oxygens (including phenoxy) is 1. The molecule has 4 heteroatoms. The van der Waals surface area contributed by atoms with Crippen LogP contribution < -0.4 is 0 Å². The van der Waals surface area contributed by atoms with E-state index in [9.17, 15) is 5.11 Å². The van der Waals surface area contributed by atoms with Crippen LogP contribution in [0, 0.1) is 11.8 Å². The maximum Gasteiger partial charge on any atom is 0.139 e. The van der Waals surface area contributed by atoms with Gasteiger partial charge in [0.15, 0.2) is 0 Å². The highest BCUT2D eigenvalue weighted by Crippen LogP contribution is 2.41. The second kappa shape index (κ2) is 4.24. The van der Waals surface area contributed by atoms with Gasteiger partial charge in [0, 0.05) is 6.00 Å². The van der Waals surface area contributed by atoms with E-state index in [1.165, 1.54) is 0 Å². The van der Waals surface area contributed by atoms with Gasteiger partial charge in [0.2, 0.25) is 0 Å². The van der Waals surface area contributed by atoms with E-state index in [1.807, 2.05) is 0 Å². The summed E-state index contributed by atoms with van der Waals surface area (Å²) >= 11 is 4.21. The third-order valence-corrected chi connectivity index (χ3v) is 3.81. The van der Waals surface area contributed by atoms with Crippen LogP contribution in [0.5, 0.6) is 0 Å². The van der Waals surface area contributed by atoms with Crippen molar-refractivity contribution in [1.82, 2.24) is 0 Å².